The van der Waals surface area contributed by atoms with Crippen molar-refractivity contribution in [2.24, 2.45) is 0 Å². The van der Waals surface area contributed by atoms with Gasteiger partial charge in [0.25, 0.3) is 5.56 Å². The van der Waals surface area contributed by atoms with Crippen LogP contribution in [-0.4, -0.2) is 22.8 Å². The van der Waals surface area contributed by atoms with Crippen LogP contribution in [0.15, 0.2) is 21.4 Å². The minimum absolute atomic E-state index is 0.135. The summed E-state index contributed by atoms with van der Waals surface area (Å²) in [6.45, 7) is 1.30. The second kappa shape index (κ2) is 4.88. The molecule has 2 aromatic rings. The van der Waals surface area contributed by atoms with Crippen molar-refractivity contribution in [1.29, 1.82) is 0 Å². The second-order valence-electron chi connectivity index (χ2n) is 5.72. The quantitative estimate of drug-likeness (QED) is 0.833. The Morgan fingerprint density at radius 1 is 1.33 bits per heavy atom. The van der Waals surface area contributed by atoms with E-state index in [0.717, 1.165) is 25.1 Å². The largest absolute Gasteiger partial charge is 0.381 e. The molecule has 1 atom stereocenters. The van der Waals surface area contributed by atoms with Crippen molar-refractivity contribution in [3.05, 3.63) is 38.6 Å². The zero-order valence-electron chi connectivity index (χ0n) is 11.3. The lowest BCUT2D eigenvalue weighted by Gasteiger charge is -2.17. The smallest absolute Gasteiger partial charge is 0.261 e. The fraction of sp³-hybridized carbons (Fsp3) is 0.467. The standard InChI is InChI=1S/C15H14BrFN2O2/c16-12-6-9(17)5-11-13(12)18-14(8-3-4-21-7-8)19(15(11)20)10-1-2-10/h5-6,8,10H,1-4,7H2/t8-/m1/s1. The predicted molar refractivity (Wildman–Crippen MR) is 80.1 cm³/mol. The van der Waals surface area contributed by atoms with Crippen LogP contribution in [0.1, 0.15) is 37.0 Å². The van der Waals surface area contributed by atoms with Crippen LogP contribution in [0, 0.1) is 5.82 Å². The van der Waals surface area contributed by atoms with Crippen molar-refractivity contribution in [3.8, 4) is 0 Å². The van der Waals surface area contributed by atoms with E-state index in [1.165, 1.54) is 12.1 Å². The van der Waals surface area contributed by atoms with E-state index >= 15 is 0 Å². The molecule has 2 heterocycles. The Hall–Kier alpha value is -1.27. The summed E-state index contributed by atoms with van der Waals surface area (Å²) in [4.78, 5) is 17.5. The summed E-state index contributed by atoms with van der Waals surface area (Å²) < 4.78 is 21.3. The van der Waals surface area contributed by atoms with Crippen LogP contribution < -0.4 is 5.56 Å². The molecule has 1 aliphatic heterocycles. The molecule has 0 amide bonds. The molecule has 2 fully saturated rings. The lowest BCUT2D eigenvalue weighted by Crippen LogP contribution is -2.27. The molecule has 4 nitrogen and oxygen atoms in total. The molecule has 1 saturated carbocycles. The zero-order valence-corrected chi connectivity index (χ0v) is 12.9. The lowest BCUT2D eigenvalue weighted by molar-refractivity contribution is 0.192. The molecule has 0 N–H and O–H groups in total. The Kier molecular flexibility index (Phi) is 3.11. The molecule has 2 aliphatic rings. The normalized spacial score (nSPS) is 22.1. The highest BCUT2D eigenvalue weighted by molar-refractivity contribution is 9.10. The fourth-order valence-electron chi connectivity index (χ4n) is 2.96. The van der Waals surface area contributed by atoms with Gasteiger partial charge >= 0.3 is 0 Å². The molecule has 1 saturated heterocycles. The van der Waals surface area contributed by atoms with Gasteiger partial charge in [0.05, 0.1) is 17.5 Å². The minimum atomic E-state index is -0.424. The maximum absolute atomic E-state index is 13.6. The number of hydrogen-bond donors (Lipinski definition) is 0. The van der Waals surface area contributed by atoms with Crippen molar-refractivity contribution in [3.63, 3.8) is 0 Å². The van der Waals surface area contributed by atoms with Crippen LogP contribution in [-0.2, 0) is 4.74 Å². The van der Waals surface area contributed by atoms with E-state index in [1.807, 2.05) is 0 Å². The molecule has 6 heteroatoms. The van der Waals surface area contributed by atoms with E-state index in [0.29, 0.717) is 28.6 Å². The predicted octanol–water partition coefficient (Wildman–Crippen LogP) is 3.14. The van der Waals surface area contributed by atoms with Crippen LogP contribution in [0.5, 0.6) is 0 Å². The molecule has 4 rings (SSSR count). The molecular formula is C15H14BrFN2O2. The first-order valence-electron chi connectivity index (χ1n) is 7.14. The van der Waals surface area contributed by atoms with Crippen LogP contribution >= 0.6 is 15.9 Å². The Bertz CT molecular complexity index is 779. The highest BCUT2D eigenvalue weighted by Crippen LogP contribution is 2.38. The van der Waals surface area contributed by atoms with E-state index in [-0.39, 0.29) is 17.5 Å². The molecule has 0 radical (unpaired) electrons. The van der Waals surface area contributed by atoms with Crippen molar-refractivity contribution < 1.29 is 9.13 Å². The molecule has 0 spiro atoms. The average molecular weight is 353 g/mol. The van der Waals surface area contributed by atoms with Gasteiger partial charge in [-0.25, -0.2) is 9.37 Å². The molecule has 1 aromatic carbocycles. The van der Waals surface area contributed by atoms with Crippen LogP contribution in [0.25, 0.3) is 10.9 Å². The number of halogens is 2. The van der Waals surface area contributed by atoms with E-state index in [1.54, 1.807) is 4.57 Å². The summed E-state index contributed by atoms with van der Waals surface area (Å²) in [6.07, 6.45) is 2.86. The van der Waals surface area contributed by atoms with Crippen LogP contribution in [0.3, 0.4) is 0 Å². The molecular weight excluding hydrogens is 339 g/mol. The topological polar surface area (TPSA) is 44.1 Å². The third-order valence-corrected chi connectivity index (χ3v) is 4.76. The van der Waals surface area contributed by atoms with Crippen molar-refractivity contribution in [2.45, 2.75) is 31.2 Å². The number of fused-ring (bicyclic) bond motifs is 1. The van der Waals surface area contributed by atoms with Gasteiger partial charge < -0.3 is 4.74 Å². The first-order valence-corrected chi connectivity index (χ1v) is 7.93. The van der Waals surface area contributed by atoms with Gasteiger partial charge in [0.2, 0.25) is 0 Å². The Balaban J connectivity index is 2.03. The number of nitrogens with zero attached hydrogens (tertiary/aromatic N) is 2. The summed E-state index contributed by atoms with van der Waals surface area (Å²) in [7, 11) is 0. The van der Waals surface area contributed by atoms with Gasteiger partial charge in [0.1, 0.15) is 11.6 Å². The number of ether oxygens (including phenoxy) is 1. The second-order valence-corrected chi connectivity index (χ2v) is 6.57. The van der Waals surface area contributed by atoms with Gasteiger partial charge in [-0.3, -0.25) is 9.36 Å². The molecule has 110 valence electrons. The molecule has 21 heavy (non-hydrogen) atoms. The van der Waals surface area contributed by atoms with E-state index in [2.05, 4.69) is 20.9 Å². The van der Waals surface area contributed by atoms with Gasteiger partial charge in [-0.05, 0) is 47.3 Å². The van der Waals surface area contributed by atoms with Crippen molar-refractivity contribution in [1.82, 2.24) is 9.55 Å². The number of rotatable bonds is 2. The Morgan fingerprint density at radius 3 is 2.81 bits per heavy atom. The number of benzene rings is 1. The maximum atomic E-state index is 13.6. The summed E-state index contributed by atoms with van der Waals surface area (Å²) >= 11 is 3.32. The molecule has 1 aliphatic carbocycles. The SMILES string of the molecule is O=c1c2cc(F)cc(Br)c2nc([C@@H]2CCOC2)n1C1CC1. The maximum Gasteiger partial charge on any atom is 0.261 e. The fourth-order valence-corrected chi connectivity index (χ4v) is 3.48. The van der Waals surface area contributed by atoms with Crippen LogP contribution in [0.4, 0.5) is 4.39 Å². The van der Waals surface area contributed by atoms with Crippen molar-refractivity contribution in [2.75, 3.05) is 13.2 Å². The summed E-state index contributed by atoms with van der Waals surface area (Å²) in [5.41, 5.74) is 0.407. The number of aromatic nitrogens is 2. The van der Waals surface area contributed by atoms with Gasteiger partial charge in [-0.1, -0.05) is 0 Å². The third kappa shape index (κ3) is 2.21. The highest BCUT2D eigenvalue weighted by atomic mass is 79.9. The molecule has 1 aromatic heterocycles. The minimum Gasteiger partial charge on any atom is -0.381 e. The first-order chi connectivity index (χ1) is 10.1. The monoisotopic (exact) mass is 352 g/mol. The van der Waals surface area contributed by atoms with E-state index in [9.17, 15) is 9.18 Å². The van der Waals surface area contributed by atoms with E-state index < -0.39 is 5.82 Å². The Labute approximate surface area is 129 Å². The number of hydrogen-bond acceptors (Lipinski definition) is 3. The van der Waals surface area contributed by atoms with Gasteiger partial charge in [0, 0.05) is 23.0 Å². The average Bonchev–Trinajstić information content (AvgIpc) is 3.13. The first kappa shape index (κ1) is 13.4. The van der Waals surface area contributed by atoms with Gasteiger partial charge in [-0.2, -0.15) is 0 Å². The van der Waals surface area contributed by atoms with Crippen LogP contribution in [0.2, 0.25) is 0 Å². The van der Waals surface area contributed by atoms with Crippen molar-refractivity contribution >= 4 is 26.8 Å². The summed E-state index contributed by atoms with van der Waals surface area (Å²) in [5, 5.41) is 0.344. The lowest BCUT2D eigenvalue weighted by atomic mass is 10.1. The van der Waals surface area contributed by atoms with Gasteiger partial charge in [0.15, 0.2) is 0 Å². The third-order valence-electron chi connectivity index (χ3n) is 4.16. The Morgan fingerprint density at radius 2 is 2.14 bits per heavy atom. The summed E-state index contributed by atoms with van der Waals surface area (Å²) in [6, 6.07) is 2.85. The zero-order chi connectivity index (χ0) is 14.6. The van der Waals surface area contributed by atoms with E-state index in [4.69, 9.17) is 4.74 Å². The molecule has 0 bridgehead atoms. The van der Waals surface area contributed by atoms with Gasteiger partial charge in [-0.15, -0.1) is 0 Å². The molecule has 0 unspecified atom stereocenters. The highest BCUT2D eigenvalue weighted by Gasteiger charge is 2.32. The summed E-state index contributed by atoms with van der Waals surface area (Å²) in [5.74, 6) is 0.520.